The summed E-state index contributed by atoms with van der Waals surface area (Å²) in [6, 6.07) is 7.88. The summed E-state index contributed by atoms with van der Waals surface area (Å²) < 4.78 is 17.4. The Labute approximate surface area is 173 Å². The number of amides is 1. The highest BCUT2D eigenvalue weighted by atomic mass is 32.2. The Morgan fingerprint density at radius 3 is 2.76 bits per heavy atom. The van der Waals surface area contributed by atoms with E-state index in [2.05, 4.69) is 39.0 Å². The van der Waals surface area contributed by atoms with E-state index in [1.54, 1.807) is 42.2 Å². The van der Waals surface area contributed by atoms with Gasteiger partial charge in [0.15, 0.2) is 10.9 Å². The molecule has 0 aliphatic rings. The van der Waals surface area contributed by atoms with E-state index in [-0.39, 0.29) is 11.6 Å². The summed E-state index contributed by atoms with van der Waals surface area (Å²) in [5.41, 5.74) is 0.557. The van der Waals surface area contributed by atoms with E-state index in [0.29, 0.717) is 18.2 Å². The number of carbonyl (C=O) groups excluding carboxylic acids is 1. The molecule has 2 aromatic heterocycles. The molecule has 9 heteroatoms. The number of rotatable bonds is 9. The Balaban J connectivity index is 1.54. The second-order valence-corrected chi connectivity index (χ2v) is 7.84. The van der Waals surface area contributed by atoms with E-state index in [1.807, 2.05) is 6.26 Å². The van der Waals surface area contributed by atoms with E-state index < -0.39 is 5.82 Å². The summed E-state index contributed by atoms with van der Waals surface area (Å²) in [4.78, 5) is 12.3. The lowest BCUT2D eigenvalue weighted by molar-refractivity contribution is 0.0947. The van der Waals surface area contributed by atoms with Gasteiger partial charge in [-0.25, -0.2) is 9.07 Å². The van der Waals surface area contributed by atoms with E-state index in [4.69, 9.17) is 0 Å². The summed E-state index contributed by atoms with van der Waals surface area (Å²) >= 11 is 1.58. The molecule has 0 saturated heterocycles. The highest BCUT2D eigenvalue weighted by Gasteiger charge is 2.14. The zero-order valence-electron chi connectivity index (χ0n) is 16.8. The third-order valence-corrected chi connectivity index (χ3v) is 4.97. The van der Waals surface area contributed by atoms with Crippen molar-refractivity contribution in [3.8, 4) is 5.69 Å². The van der Waals surface area contributed by atoms with Crippen molar-refractivity contribution in [1.29, 1.82) is 0 Å². The number of aryl methyl sites for hydroxylation is 1. The molecule has 1 aromatic carbocycles. The fourth-order valence-electron chi connectivity index (χ4n) is 2.96. The maximum absolute atomic E-state index is 13.9. The number of hydrogen-bond acceptors (Lipinski definition) is 5. The van der Waals surface area contributed by atoms with Crippen LogP contribution in [0.2, 0.25) is 0 Å². The van der Waals surface area contributed by atoms with Gasteiger partial charge < -0.3 is 9.88 Å². The van der Waals surface area contributed by atoms with Crippen LogP contribution in [0.15, 0.2) is 41.7 Å². The first-order valence-electron chi connectivity index (χ1n) is 9.54. The Morgan fingerprint density at radius 2 is 2.03 bits per heavy atom. The van der Waals surface area contributed by atoms with Crippen molar-refractivity contribution >= 4 is 17.7 Å². The SMILES string of the molecule is CSc1nnc(CCCNC(=O)c2ccn(-c3ccccc3F)n2)n1CC(C)C. The average Bonchev–Trinajstić information content (AvgIpc) is 3.32. The molecule has 0 aliphatic heterocycles. The number of nitrogens with one attached hydrogen (secondary N) is 1. The van der Waals surface area contributed by atoms with Crippen molar-refractivity contribution in [3.05, 3.63) is 53.9 Å². The predicted octanol–water partition coefficient (Wildman–Crippen LogP) is 3.34. The van der Waals surface area contributed by atoms with Crippen LogP contribution in [0.1, 0.15) is 36.6 Å². The smallest absolute Gasteiger partial charge is 0.271 e. The number of aromatic nitrogens is 5. The van der Waals surface area contributed by atoms with Gasteiger partial charge in [0.2, 0.25) is 0 Å². The molecule has 0 saturated carbocycles. The lowest BCUT2D eigenvalue weighted by Crippen LogP contribution is -2.25. The van der Waals surface area contributed by atoms with Crippen LogP contribution in [0, 0.1) is 11.7 Å². The van der Waals surface area contributed by atoms with Crippen molar-refractivity contribution < 1.29 is 9.18 Å². The Kier molecular flexibility index (Phi) is 7.03. The van der Waals surface area contributed by atoms with Crippen LogP contribution < -0.4 is 5.32 Å². The van der Waals surface area contributed by atoms with Gasteiger partial charge in [0, 0.05) is 25.7 Å². The van der Waals surface area contributed by atoms with Gasteiger partial charge in [0.05, 0.1) is 0 Å². The van der Waals surface area contributed by atoms with Gasteiger partial charge in [-0.2, -0.15) is 5.10 Å². The number of carbonyl (C=O) groups is 1. The van der Waals surface area contributed by atoms with Crippen LogP contribution in [0.4, 0.5) is 4.39 Å². The Bertz CT molecular complexity index is 968. The highest BCUT2D eigenvalue weighted by Crippen LogP contribution is 2.17. The quantitative estimate of drug-likeness (QED) is 0.428. The summed E-state index contributed by atoms with van der Waals surface area (Å²) in [6.45, 7) is 5.69. The van der Waals surface area contributed by atoms with Gasteiger partial charge in [0.1, 0.15) is 17.3 Å². The van der Waals surface area contributed by atoms with E-state index in [1.165, 1.54) is 10.7 Å². The minimum absolute atomic E-state index is 0.251. The molecule has 0 radical (unpaired) electrons. The van der Waals surface area contributed by atoms with Crippen LogP contribution in [0.5, 0.6) is 0 Å². The summed E-state index contributed by atoms with van der Waals surface area (Å²) in [5, 5.41) is 16.5. The predicted molar refractivity (Wildman–Crippen MR) is 111 cm³/mol. The fraction of sp³-hybridized carbons (Fsp3) is 0.400. The minimum Gasteiger partial charge on any atom is -0.351 e. The molecular weight excluding hydrogens is 391 g/mol. The molecule has 3 rings (SSSR count). The van der Waals surface area contributed by atoms with Gasteiger partial charge in [-0.05, 0) is 36.8 Å². The maximum atomic E-state index is 13.9. The molecule has 0 aliphatic carbocycles. The van der Waals surface area contributed by atoms with Crippen LogP contribution in [-0.4, -0.2) is 43.3 Å². The summed E-state index contributed by atoms with van der Waals surface area (Å²) in [7, 11) is 0. The Morgan fingerprint density at radius 1 is 1.24 bits per heavy atom. The lowest BCUT2D eigenvalue weighted by Gasteiger charge is -2.11. The van der Waals surface area contributed by atoms with E-state index in [9.17, 15) is 9.18 Å². The molecule has 29 heavy (non-hydrogen) atoms. The van der Waals surface area contributed by atoms with Gasteiger partial charge in [-0.3, -0.25) is 4.79 Å². The number of nitrogens with zero attached hydrogens (tertiary/aromatic N) is 5. The molecule has 0 unspecified atom stereocenters. The lowest BCUT2D eigenvalue weighted by atomic mass is 10.2. The number of halogens is 1. The topological polar surface area (TPSA) is 77.6 Å². The van der Waals surface area contributed by atoms with Crippen molar-refractivity contribution in [1.82, 2.24) is 29.9 Å². The standard InChI is InChI=1S/C20H25FN6OS/c1-14(2)13-26-18(23-24-20(26)29-3)9-6-11-22-19(28)16-10-12-27(25-16)17-8-5-4-7-15(17)21/h4-5,7-8,10,12,14H,6,9,11,13H2,1-3H3,(H,22,28). The number of thioether (sulfide) groups is 1. The van der Waals surface area contributed by atoms with Crippen molar-refractivity contribution in [3.63, 3.8) is 0 Å². The van der Waals surface area contributed by atoms with Gasteiger partial charge in [-0.1, -0.05) is 37.7 Å². The molecule has 2 heterocycles. The van der Waals surface area contributed by atoms with Gasteiger partial charge >= 0.3 is 0 Å². The molecule has 0 fully saturated rings. The zero-order chi connectivity index (χ0) is 20.8. The molecule has 3 aromatic rings. The maximum Gasteiger partial charge on any atom is 0.271 e. The van der Waals surface area contributed by atoms with Crippen molar-refractivity contribution in [2.75, 3.05) is 12.8 Å². The highest BCUT2D eigenvalue weighted by molar-refractivity contribution is 7.98. The van der Waals surface area contributed by atoms with E-state index >= 15 is 0 Å². The third kappa shape index (κ3) is 5.23. The molecule has 1 amide bonds. The molecular formula is C20H25FN6OS. The second kappa shape index (κ2) is 9.69. The molecule has 0 atom stereocenters. The van der Waals surface area contributed by atoms with E-state index in [0.717, 1.165) is 30.4 Å². The molecule has 1 N–H and O–H groups in total. The minimum atomic E-state index is -0.391. The van der Waals surface area contributed by atoms with Crippen LogP contribution in [0.25, 0.3) is 5.69 Å². The number of benzene rings is 1. The second-order valence-electron chi connectivity index (χ2n) is 7.06. The first-order valence-corrected chi connectivity index (χ1v) is 10.8. The average molecular weight is 417 g/mol. The van der Waals surface area contributed by atoms with Crippen molar-refractivity contribution in [2.24, 2.45) is 5.92 Å². The normalized spacial score (nSPS) is 11.2. The fourth-order valence-corrected chi connectivity index (χ4v) is 3.48. The summed E-state index contributed by atoms with van der Waals surface area (Å²) in [6.07, 6.45) is 5.03. The number of hydrogen-bond donors (Lipinski definition) is 1. The van der Waals surface area contributed by atoms with Crippen LogP contribution in [0.3, 0.4) is 0 Å². The first kappa shape index (κ1) is 21.0. The third-order valence-electron chi connectivity index (χ3n) is 4.31. The molecule has 7 nitrogen and oxygen atoms in total. The molecule has 0 spiro atoms. The molecule has 0 bridgehead atoms. The van der Waals surface area contributed by atoms with Crippen LogP contribution in [-0.2, 0) is 13.0 Å². The van der Waals surface area contributed by atoms with Gasteiger partial charge in [-0.15, -0.1) is 10.2 Å². The zero-order valence-corrected chi connectivity index (χ0v) is 17.6. The van der Waals surface area contributed by atoms with Gasteiger partial charge in [0.25, 0.3) is 5.91 Å². The van der Waals surface area contributed by atoms with Crippen LogP contribution >= 0.6 is 11.8 Å². The first-order chi connectivity index (χ1) is 14.0. The summed E-state index contributed by atoms with van der Waals surface area (Å²) in [5.74, 6) is 0.757. The largest absolute Gasteiger partial charge is 0.351 e. The monoisotopic (exact) mass is 416 g/mol. The van der Waals surface area contributed by atoms with Crippen molar-refractivity contribution in [2.45, 2.75) is 38.4 Å². The number of para-hydroxylation sites is 1. The molecule has 154 valence electrons. The Hall–Kier alpha value is -2.68.